The Morgan fingerprint density at radius 2 is 1.71 bits per heavy atom. The van der Waals surface area contributed by atoms with Gasteiger partial charge in [-0.15, -0.1) is 0 Å². The molecule has 1 heterocycles. The predicted octanol–water partition coefficient (Wildman–Crippen LogP) is 0.774. The van der Waals surface area contributed by atoms with Gasteiger partial charge in [-0.25, -0.2) is 0 Å². The molecule has 1 aromatic carbocycles. The fourth-order valence-electron chi connectivity index (χ4n) is 2.04. The summed E-state index contributed by atoms with van der Waals surface area (Å²) in [5.41, 5.74) is 8.03. The van der Waals surface area contributed by atoms with Crippen molar-refractivity contribution in [2.24, 2.45) is 10.7 Å². The average Bonchev–Trinajstić information content (AvgIpc) is 2.39. The molecule has 0 atom stereocenters. The lowest BCUT2D eigenvalue weighted by Gasteiger charge is -2.34. The van der Waals surface area contributed by atoms with Crippen molar-refractivity contribution in [2.75, 3.05) is 45.2 Å². The number of likely N-dealkylation sites (N-methyl/N-ethyl adjacent to an activating group) is 1. The molecule has 4 heteroatoms. The average molecular weight is 232 g/mol. The number of amidine groups is 1. The topological polar surface area (TPSA) is 44.9 Å². The van der Waals surface area contributed by atoms with E-state index in [1.807, 2.05) is 12.1 Å². The Labute approximate surface area is 103 Å². The lowest BCUT2D eigenvalue weighted by atomic mass is 10.1. The van der Waals surface area contributed by atoms with E-state index in [4.69, 9.17) is 5.73 Å². The molecule has 0 spiro atoms. The molecule has 0 amide bonds. The molecule has 1 fully saturated rings. The van der Waals surface area contributed by atoms with Crippen LogP contribution < -0.4 is 10.6 Å². The van der Waals surface area contributed by atoms with Crippen LogP contribution in [0.2, 0.25) is 0 Å². The van der Waals surface area contributed by atoms with E-state index in [1.165, 1.54) is 5.69 Å². The van der Waals surface area contributed by atoms with Crippen LogP contribution >= 0.6 is 0 Å². The molecule has 1 aliphatic heterocycles. The van der Waals surface area contributed by atoms with Crippen molar-refractivity contribution in [3.05, 3.63) is 29.8 Å². The van der Waals surface area contributed by atoms with Gasteiger partial charge in [0.05, 0.1) is 0 Å². The Hall–Kier alpha value is -1.55. The van der Waals surface area contributed by atoms with Crippen molar-refractivity contribution >= 4 is 11.5 Å². The van der Waals surface area contributed by atoms with Crippen LogP contribution in [0.1, 0.15) is 5.56 Å². The van der Waals surface area contributed by atoms with E-state index in [-0.39, 0.29) is 0 Å². The molecule has 4 nitrogen and oxygen atoms in total. The summed E-state index contributed by atoms with van der Waals surface area (Å²) in [6.07, 6.45) is 0. The van der Waals surface area contributed by atoms with Crippen LogP contribution in [0.25, 0.3) is 0 Å². The number of anilines is 1. The van der Waals surface area contributed by atoms with Gasteiger partial charge in [0, 0.05) is 44.5 Å². The lowest BCUT2D eigenvalue weighted by Crippen LogP contribution is -2.44. The highest BCUT2D eigenvalue weighted by atomic mass is 15.2. The highest BCUT2D eigenvalue weighted by Gasteiger charge is 2.13. The third-order valence-corrected chi connectivity index (χ3v) is 3.27. The van der Waals surface area contributed by atoms with Gasteiger partial charge in [-0.3, -0.25) is 4.99 Å². The van der Waals surface area contributed by atoms with Crippen molar-refractivity contribution in [1.29, 1.82) is 0 Å². The number of nitrogens with two attached hydrogens (primary N) is 1. The number of nitrogens with zero attached hydrogens (tertiary/aromatic N) is 3. The summed E-state index contributed by atoms with van der Waals surface area (Å²) >= 11 is 0. The molecule has 17 heavy (non-hydrogen) atoms. The van der Waals surface area contributed by atoms with Gasteiger partial charge in [0.25, 0.3) is 0 Å². The second-order valence-electron chi connectivity index (χ2n) is 4.45. The van der Waals surface area contributed by atoms with Crippen LogP contribution in [-0.2, 0) is 0 Å². The summed E-state index contributed by atoms with van der Waals surface area (Å²) in [5, 5.41) is 0. The second kappa shape index (κ2) is 5.19. The molecule has 0 aliphatic carbocycles. The fourth-order valence-corrected chi connectivity index (χ4v) is 2.04. The SMILES string of the molecule is CN=C(N)c1ccc(N2CCN(C)CC2)cc1. The van der Waals surface area contributed by atoms with Gasteiger partial charge in [0.1, 0.15) is 5.84 Å². The molecular formula is C13H20N4. The largest absolute Gasteiger partial charge is 0.384 e. The normalized spacial score (nSPS) is 18.5. The Kier molecular flexibility index (Phi) is 3.64. The summed E-state index contributed by atoms with van der Waals surface area (Å²) in [5.74, 6) is 0.593. The Balaban J connectivity index is 2.08. The minimum Gasteiger partial charge on any atom is -0.384 e. The van der Waals surface area contributed by atoms with Gasteiger partial charge in [-0.05, 0) is 31.3 Å². The van der Waals surface area contributed by atoms with E-state index in [0.717, 1.165) is 31.7 Å². The molecule has 0 unspecified atom stereocenters. The molecule has 0 radical (unpaired) electrons. The first-order chi connectivity index (χ1) is 8.20. The third kappa shape index (κ3) is 2.77. The first-order valence-electron chi connectivity index (χ1n) is 5.97. The van der Waals surface area contributed by atoms with E-state index in [0.29, 0.717) is 5.84 Å². The summed E-state index contributed by atoms with van der Waals surface area (Å²) in [4.78, 5) is 8.74. The second-order valence-corrected chi connectivity index (χ2v) is 4.45. The zero-order valence-corrected chi connectivity index (χ0v) is 10.6. The van der Waals surface area contributed by atoms with Crippen molar-refractivity contribution in [3.8, 4) is 0 Å². The maximum atomic E-state index is 5.77. The molecule has 1 aromatic rings. The predicted molar refractivity (Wildman–Crippen MR) is 72.8 cm³/mol. The van der Waals surface area contributed by atoms with Crippen LogP contribution in [-0.4, -0.2) is 51.0 Å². The van der Waals surface area contributed by atoms with Crippen LogP contribution in [0.4, 0.5) is 5.69 Å². The van der Waals surface area contributed by atoms with Gasteiger partial charge in [0.15, 0.2) is 0 Å². The van der Waals surface area contributed by atoms with Gasteiger partial charge in [-0.2, -0.15) is 0 Å². The van der Waals surface area contributed by atoms with Gasteiger partial charge >= 0.3 is 0 Å². The number of rotatable bonds is 2. The minimum atomic E-state index is 0.593. The molecule has 0 bridgehead atoms. The summed E-state index contributed by atoms with van der Waals surface area (Å²) in [6, 6.07) is 8.32. The van der Waals surface area contributed by atoms with E-state index < -0.39 is 0 Å². The van der Waals surface area contributed by atoms with E-state index in [9.17, 15) is 0 Å². The number of aliphatic imine (C=N–C) groups is 1. The lowest BCUT2D eigenvalue weighted by molar-refractivity contribution is 0.313. The van der Waals surface area contributed by atoms with Crippen LogP contribution in [0.15, 0.2) is 29.3 Å². The number of benzene rings is 1. The molecule has 0 aromatic heterocycles. The van der Waals surface area contributed by atoms with Crippen molar-refractivity contribution in [3.63, 3.8) is 0 Å². The molecule has 2 N–H and O–H groups in total. The standard InChI is InChI=1S/C13H20N4/c1-15-13(14)11-3-5-12(6-4-11)17-9-7-16(2)8-10-17/h3-6H,7-10H2,1-2H3,(H2,14,15). The summed E-state index contributed by atoms with van der Waals surface area (Å²) in [7, 11) is 3.88. The smallest absolute Gasteiger partial charge is 0.125 e. The number of hydrogen-bond acceptors (Lipinski definition) is 3. The quantitative estimate of drug-likeness (QED) is 0.605. The van der Waals surface area contributed by atoms with Crippen LogP contribution in [0, 0.1) is 0 Å². The summed E-state index contributed by atoms with van der Waals surface area (Å²) < 4.78 is 0. The Morgan fingerprint density at radius 3 is 2.24 bits per heavy atom. The van der Waals surface area contributed by atoms with E-state index in [1.54, 1.807) is 7.05 Å². The molecule has 1 aliphatic rings. The van der Waals surface area contributed by atoms with Crippen molar-refractivity contribution in [2.45, 2.75) is 0 Å². The van der Waals surface area contributed by atoms with Crippen molar-refractivity contribution < 1.29 is 0 Å². The molecule has 2 rings (SSSR count). The highest BCUT2D eigenvalue weighted by molar-refractivity contribution is 5.97. The number of piperazine rings is 1. The Morgan fingerprint density at radius 1 is 1.12 bits per heavy atom. The zero-order chi connectivity index (χ0) is 12.3. The molecule has 0 saturated carbocycles. The molecular weight excluding hydrogens is 212 g/mol. The summed E-state index contributed by atoms with van der Waals surface area (Å²) in [6.45, 7) is 4.43. The molecule has 92 valence electrons. The first-order valence-corrected chi connectivity index (χ1v) is 5.97. The van der Waals surface area contributed by atoms with Gasteiger partial charge in [-0.1, -0.05) is 0 Å². The maximum Gasteiger partial charge on any atom is 0.125 e. The third-order valence-electron chi connectivity index (χ3n) is 3.27. The first kappa shape index (κ1) is 11.9. The van der Waals surface area contributed by atoms with Gasteiger partial charge in [0.2, 0.25) is 0 Å². The van der Waals surface area contributed by atoms with E-state index in [2.05, 4.69) is 34.0 Å². The fraction of sp³-hybridized carbons (Fsp3) is 0.462. The van der Waals surface area contributed by atoms with Crippen molar-refractivity contribution in [1.82, 2.24) is 4.90 Å². The van der Waals surface area contributed by atoms with Crippen LogP contribution in [0.3, 0.4) is 0 Å². The van der Waals surface area contributed by atoms with Gasteiger partial charge < -0.3 is 15.5 Å². The molecule has 1 saturated heterocycles. The monoisotopic (exact) mass is 232 g/mol. The highest BCUT2D eigenvalue weighted by Crippen LogP contribution is 2.16. The Bertz CT molecular complexity index is 388. The van der Waals surface area contributed by atoms with Crippen LogP contribution in [0.5, 0.6) is 0 Å². The number of hydrogen-bond donors (Lipinski definition) is 1. The van der Waals surface area contributed by atoms with E-state index >= 15 is 0 Å². The minimum absolute atomic E-state index is 0.593. The maximum absolute atomic E-state index is 5.77. The zero-order valence-electron chi connectivity index (χ0n) is 10.6.